The molecule has 1 aromatic carbocycles. The summed E-state index contributed by atoms with van der Waals surface area (Å²) in [6.45, 7) is 5.72. The maximum atomic E-state index is 12.6. The number of carbonyl (C=O) groups excluding carboxylic acids is 1. The Balaban J connectivity index is 1.56. The molecule has 0 spiro atoms. The topological polar surface area (TPSA) is 58.6 Å². The summed E-state index contributed by atoms with van der Waals surface area (Å²) >= 11 is 0. The molecule has 3 rings (SSSR count). The van der Waals surface area contributed by atoms with Crippen molar-refractivity contribution in [1.29, 1.82) is 0 Å². The molecule has 0 radical (unpaired) electrons. The fourth-order valence-corrected chi connectivity index (χ4v) is 2.98. The first kappa shape index (κ1) is 17.2. The Morgan fingerprint density at radius 2 is 1.84 bits per heavy atom. The van der Waals surface area contributed by atoms with Crippen molar-refractivity contribution in [2.45, 2.75) is 19.8 Å². The molecule has 0 aliphatic carbocycles. The van der Waals surface area contributed by atoms with E-state index in [0.717, 1.165) is 43.3 Å². The molecule has 0 saturated carbocycles. The molecule has 0 unspecified atom stereocenters. The van der Waals surface area contributed by atoms with Gasteiger partial charge in [-0.25, -0.2) is 9.97 Å². The van der Waals surface area contributed by atoms with E-state index in [0.29, 0.717) is 19.6 Å². The summed E-state index contributed by atoms with van der Waals surface area (Å²) in [7, 11) is 0. The molecule has 6 nitrogen and oxygen atoms in total. The minimum absolute atomic E-state index is 0.167. The molecule has 0 bridgehead atoms. The van der Waals surface area contributed by atoms with Gasteiger partial charge in [-0.1, -0.05) is 12.1 Å². The van der Waals surface area contributed by atoms with Crippen molar-refractivity contribution < 1.29 is 9.53 Å². The van der Waals surface area contributed by atoms with Gasteiger partial charge < -0.3 is 14.5 Å². The summed E-state index contributed by atoms with van der Waals surface area (Å²) < 4.78 is 5.44. The van der Waals surface area contributed by atoms with Crippen LogP contribution in [0.4, 0.5) is 5.95 Å². The molecule has 1 saturated heterocycles. The molecule has 1 aliphatic rings. The number of anilines is 1. The lowest BCUT2D eigenvalue weighted by molar-refractivity contribution is -0.130. The minimum Gasteiger partial charge on any atom is -0.494 e. The van der Waals surface area contributed by atoms with Gasteiger partial charge in [-0.15, -0.1) is 0 Å². The maximum absolute atomic E-state index is 12.6. The standard InChI is InChI=1S/C19H24N4O2/c1-2-25-17-7-5-16(6-8-17)15-18(24)22-11-4-12-23(14-13-22)19-20-9-3-10-21-19/h3,5-10H,2,4,11-15H2,1H3. The number of rotatable bonds is 5. The van der Waals surface area contributed by atoms with Crippen molar-refractivity contribution in [2.75, 3.05) is 37.7 Å². The lowest BCUT2D eigenvalue weighted by Crippen LogP contribution is -2.36. The Morgan fingerprint density at radius 3 is 2.56 bits per heavy atom. The van der Waals surface area contributed by atoms with Crippen molar-refractivity contribution in [2.24, 2.45) is 0 Å². The number of benzene rings is 1. The summed E-state index contributed by atoms with van der Waals surface area (Å²) in [4.78, 5) is 25.3. The van der Waals surface area contributed by atoms with E-state index in [-0.39, 0.29) is 5.91 Å². The number of nitrogens with zero attached hydrogens (tertiary/aromatic N) is 4. The third-order valence-electron chi connectivity index (χ3n) is 4.27. The Bertz CT molecular complexity index is 676. The van der Waals surface area contributed by atoms with Gasteiger partial charge in [-0.2, -0.15) is 0 Å². The Morgan fingerprint density at radius 1 is 1.08 bits per heavy atom. The lowest BCUT2D eigenvalue weighted by Gasteiger charge is -2.22. The van der Waals surface area contributed by atoms with Crippen LogP contribution in [0.2, 0.25) is 0 Å². The molecule has 2 aromatic rings. The van der Waals surface area contributed by atoms with Crippen molar-refractivity contribution in [3.8, 4) is 5.75 Å². The van der Waals surface area contributed by atoms with Crippen molar-refractivity contribution >= 4 is 11.9 Å². The Hall–Kier alpha value is -2.63. The van der Waals surface area contributed by atoms with Crippen LogP contribution in [-0.4, -0.2) is 53.6 Å². The molecule has 2 heterocycles. The fourth-order valence-electron chi connectivity index (χ4n) is 2.98. The van der Waals surface area contributed by atoms with Gasteiger partial charge in [-0.3, -0.25) is 4.79 Å². The Kier molecular flexibility index (Phi) is 5.82. The van der Waals surface area contributed by atoms with Gasteiger partial charge in [0.05, 0.1) is 13.0 Å². The van der Waals surface area contributed by atoms with Gasteiger partial charge in [0.25, 0.3) is 0 Å². The molecular weight excluding hydrogens is 316 g/mol. The molecular formula is C19H24N4O2. The molecule has 132 valence electrons. The van der Waals surface area contributed by atoms with Gasteiger partial charge in [0.1, 0.15) is 5.75 Å². The monoisotopic (exact) mass is 340 g/mol. The van der Waals surface area contributed by atoms with Crippen LogP contribution in [0, 0.1) is 0 Å². The van der Waals surface area contributed by atoms with E-state index in [2.05, 4.69) is 14.9 Å². The molecule has 0 N–H and O–H groups in total. The minimum atomic E-state index is 0.167. The third kappa shape index (κ3) is 4.68. The lowest BCUT2D eigenvalue weighted by atomic mass is 10.1. The van der Waals surface area contributed by atoms with Crippen LogP contribution in [0.5, 0.6) is 5.75 Å². The molecule has 1 aliphatic heterocycles. The van der Waals surface area contributed by atoms with Crippen LogP contribution in [0.1, 0.15) is 18.9 Å². The molecule has 0 atom stereocenters. The maximum Gasteiger partial charge on any atom is 0.227 e. The molecule has 1 aromatic heterocycles. The first-order chi connectivity index (χ1) is 12.3. The van der Waals surface area contributed by atoms with E-state index in [1.54, 1.807) is 12.4 Å². The van der Waals surface area contributed by atoms with E-state index in [1.807, 2.05) is 42.2 Å². The molecule has 1 amide bonds. The largest absolute Gasteiger partial charge is 0.494 e. The van der Waals surface area contributed by atoms with E-state index in [9.17, 15) is 4.79 Å². The van der Waals surface area contributed by atoms with Crippen LogP contribution < -0.4 is 9.64 Å². The van der Waals surface area contributed by atoms with E-state index >= 15 is 0 Å². The summed E-state index contributed by atoms with van der Waals surface area (Å²) in [6, 6.07) is 9.58. The van der Waals surface area contributed by atoms with Crippen molar-refractivity contribution in [1.82, 2.24) is 14.9 Å². The zero-order valence-corrected chi connectivity index (χ0v) is 14.6. The highest BCUT2D eigenvalue weighted by Crippen LogP contribution is 2.15. The van der Waals surface area contributed by atoms with Crippen LogP contribution in [-0.2, 0) is 11.2 Å². The fraction of sp³-hybridized carbons (Fsp3) is 0.421. The molecule has 6 heteroatoms. The number of aromatic nitrogens is 2. The van der Waals surface area contributed by atoms with Gasteiger partial charge >= 0.3 is 0 Å². The van der Waals surface area contributed by atoms with Crippen molar-refractivity contribution in [3.63, 3.8) is 0 Å². The van der Waals surface area contributed by atoms with Crippen LogP contribution in [0.3, 0.4) is 0 Å². The zero-order valence-electron chi connectivity index (χ0n) is 14.6. The average Bonchev–Trinajstić information content (AvgIpc) is 2.91. The Labute approximate surface area is 148 Å². The second-order valence-corrected chi connectivity index (χ2v) is 6.02. The van der Waals surface area contributed by atoms with Gasteiger partial charge in [0.2, 0.25) is 11.9 Å². The van der Waals surface area contributed by atoms with E-state index in [4.69, 9.17) is 4.74 Å². The predicted octanol–water partition coefficient (Wildman–Crippen LogP) is 2.16. The van der Waals surface area contributed by atoms with Gasteiger partial charge in [0, 0.05) is 38.6 Å². The average molecular weight is 340 g/mol. The highest BCUT2D eigenvalue weighted by Gasteiger charge is 2.20. The summed E-state index contributed by atoms with van der Waals surface area (Å²) in [6.07, 6.45) is 4.85. The first-order valence-corrected chi connectivity index (χ1v) is 8.77. The number of hydrogen-bond acceptors (Lipinski definition) is 5. The highest BCUT2D eigenvalue weighted by atomic mass is 16.5. The highest BCUT2D eigenvalue weighted by molar-refractivity contribution is 5.79. The van der Waals surface area contributed by atoms with Crippen molar-refractivity contribution in [3.05, 3.63) is 48.3 Å². The molecule has 25 heavy (non-hydrogen) atoms. The predicted molar refractivity (Wildman–Crippen MR) is 96.8 cm³/mol. The zero-order chi connectivity index (χ0) is 17.5. The number of amides is 1. The number of carbonyl (C=O) groups is 1. The third-order valence-corrected chi connectivity index (χ3v) is 4.27. The van der Waals surface area contributed by atoms with Gasteiger partial charge in [-0.05, 0) is 37.1 Å². The second-order valence-electron chi connectivity index (χ2n) is 6.02. The first-order valence-electron chi connectivity index (χ1n) is 8.77. The van der Waals surface area contributed by atoms with Crippen LogP contribution >= 0.6 is 0 Å². The smallest absolute Gasteiger partial charge is 0.227 e. The second kappa shape index (κ2) is 8.46. The van der Waals surface area contributed by atoms with Crippen LogP contribution in [0.25, 0.3) is 0 Å². The van der Waals surface area contributed by atoms with Gasteiger partial charge in [0.15, 0.2) is 0 Å². The quantitative estimate of drug-likeness (QED) is 0.835. The summed E-state index contributed by atoms with van der Waals surface area (Å²) in [5.41, 5.74) is 1.01. The normalized spacial score (nSPS) is 14.9. The number of ether oxygens (including phenoxy) is 1. The summed E-state index contributed by atoms with van der Waals surface area (Å²) in [5.74, 6) is 1.75. The van der Waals surface area contributed by atoms with E-state index in [1.165, 1.54) is 0 Å². The van der Waals surface area contributed by atoms with Crippen LogP contribution in [0.15, 0.2) is 42.7 Å². The molecule has 1 fully saturated rings. The number of hydrogen-bond donors (Lipinski definition) is 0. The SMILES string of the molecule is CCOc1ccc(CC(=O)N2CCCN(c3ncccn3)CC2)cc1. The van der Waals surface area contributed by atoms with E-state index < -0.39 is 0 Å². The summed E-state index contributed by atoms with van der Waals surface area (Å²) in [5, 5.41) is 0.